The highest BCUT2D eigenvalue weighted by atomic mass is 16.3. The topological polar surface area (TPSA) is 20.2 Å². The largest absolute Gasteiger partial charge is 0.385 e. The summed E-state index contributed by atoms with van der Waals surface area (Å²) < 4.78 is 0. The van der Waals surface area contributed by atoms with Crippen LogP contribution in [0.15, 0.2) is 23.8 Å². The first-order valence-corrected chi connectivity index (χ1v) is 7.38. The summed E-state index contributed by atoms with van der Waals surface area (Å²) in [5.41, 5.74) is 0.987. The van der Waals surface area contributed by atoms with Crippen LogP contribution in [-0.2, 0) is 0 Å². The van der Waals surface area contributed by atoms with Crippen molar-refractivity contribution >= 4 is 0 Å². The Hall–Kier alpha value is -0.560. The average Bonchev–Trinajstić information content (AvgIpc) is 2.91. The van der Waals surface area contributed by atoms with E-state index >= 15 is 0 Å². The fourth-order valence-corrected chi connectivity index (χ4v) is 4.98. The normalized spacial score (nSPS) is 51.7. The van der Waals surface area contributed by atoms with Gasteiger partial charge in [-0.2, -0.15) is 0 Å². The van der Waals surface area contributed by atoms with Gasteiger partial charge in [-0.25, -0.2) is 0 Å². The standard InChI is InChI=1S/C16H22O/c17-16(10-11-4-7-13(16)8-5-11)15-9-6-12-2-1-3-14(12)15/h4,7,9,11-14,17H,1-3,5-6,8,10H2/t11-,12?,13+,14?,16-/m0/s1. The molecule has 0 saturated heterocycles. The Labute approximate surface area is 104 Å². The summed E-state index contributed by atoms with van der Waals surface area (Å²) in [7, 11) is 0. The van der Waals surface area contributed by atoms with E-state index in [0.717, 1.165) is 18.3 Å². The number of aliphatic hydroxyl groups is 1. The molecule has 0 aromatic carbocycles. The van der Waals surface area contributed by atoms with Crippen molar-refractivity contribution in [2.24, 2.45) is 23.7 Å². The first-order chi connectivity index (χ1) is 8.27. The van der Waals surface area contributed by atoms with Crippen molar-refractivity contribution in [2.75, 3.05) is 0 Å². The van der Waals surface area contributed by atoms with E-state index in [2.05, 4.69) is 18.2 Å². The third-order valence-electron chi connectivity index (χ3n) is 5.85. The molecule has 1 N–H and O–H groups in total. The Morgan fingerprint density at radius 2 is 2.06 bits per heavy atom. The van der Waals surface area contributed by atoms with Gasteiger partial charge in [-0.15, -0.1) is 0 Å². The molecule has 5 aliphatic carbocycles. The predicted molar refractivity (Wildman–Crippen MR) is 68.5 cm³/mol. The van der Waals surface area contributed by atoms with Crippen molar-refractivity contribution in [3.05, 3.63) is 23.8 Å². The van der Waals surface area contributed by atoms with Gasteiger partial charge < -0.3 is 5.11 Å². The molecule has 2 bridgehead atoms. The summed E-state index contributed by atoms with van der Waals surface area (Å²) in [4.78, 5) is 0. The van der Waals surface area contributed by atoms with Gasteiger partial charge >= 0.3 is 0 Å². The summed E-state index contributed by atoms with van der Waals surface area (Å²) in [5, 5.41) is 11.2. The number of fused-ring (bicyclic) bond motifs is 3. The van der Waals surface area contributed by atoms with Crippen LogP contribution in [0.4, 0.5) is 0 Å². The van der Waals surface area contributed by atoms with E-state index in [1.807, 2.05) is 0 Å². The third-order valence-corrected chi connectivity index (χ3v) is 5.85. The van der Waals surface area contributed by atoms with Gasteiger partial charge in [0.05, 0.1) is 5.60 Å². The van der Waals surface area contributed by atoms with Crippen LogP contribution in [-0.4, -0.2) is 10.7 Å². The quantitative estimate of drug-likeness (QED) is 0.684. The maximum Gasteiger partial charge on any atom is 0.0927 e. The Balaban J connectivity index is 1.68. The summed E-state index contributed by atoms with van der Waals surface area (Å²) in [6, 6.07) is 0. The molecule has 17 heavy (non-hydrogen) atoms. The minimum atomic E-state index is -0.457. The van der Waals surface area contributed by atoms with E-state index < -0.39 is 5.60 Å². The van der Waals surface area contributed by atoms with Gasteiger partial charge in [0, 0.05) is 5.92 Å². The van der Waals surface area contributed by atoms with Gasteiger partial charge in [0.25, 0.3) is 0 Å². The van der Waals surface area contributed by atoms with Crippen LogP contribution in [0.25, 0.3) is 0 Å². The molecule has 0 aliphatic heterocycles. The lowest BCUT2D eigenvalue weighted by atomic mass is 9.61. The van der Waals surface area contributed by atoms with Crippen molar-refractivity contribution in [3.8, 4) is 0 Å². The lowest BCUT2D eigenvalue weighted by molar-refractivity contribution is -0.0243. The average molecular weight is 230 g/mol. The summed E-state index contributed by atoms with van der Waals surface area (Å²) in [5.74, 6) is 2.66. The zero-order valence-electron chi connectivity index (χ0n) is 10.4. The van der Waals surface area contributed by atoms with E-state index in [1.54, 1.807) is 0 Å². The van der Waals surface area contributed by atoms with Crippen LogP contribution in [0.3, 0.4) is 0 Å². The van der Waals surface area contributed by atoms with Crippen molar-refractivity contribution < 1.29 is 5.11 Å². The van der Waals surface area contributed by atoms with Gasteiger partial charge in [0.1, 0.15) is 0 Å². The van der Waals surface area contributed by atoms with Gasteiger partial charge in [-0.05, 0) is 61.9 Å². The lowest BCUT2D eigenvalue weighted by Gasteiger charge is -2.47. The molecule has 0 aromatic rings. The van der Waals surface area contributed by atoms with Crippen LogP contribution in [0, 0.1) is 23.7 Å². The van der Waals surface area contributed by atoms with Crippen molar-refractivity contribution in [2.45, 2.75) is 50.5 Å². The molecule has 92 valence electrons. The maximum absolute atomic E-state index is 11.2. The van der Waals surface area contributed by atoms with E-state index in [9.17, 15) is 5.11 Å². The second kappa shape index (κ2) is 3.47. The summed E-state index contributed by atoms with van der Waals surface area (Å²) in [6.45, 7) is 0. The van der Waals surface area contributed by atoms with Crippen LogP contribution < -0.4 is 0 Å². The number of allylic oxidation sites excluding steroid dienone is 2. The van der Waals surface area contributed by atoms with Crippen LogP contribution >= 0.6 is 0 Å². The molecular weight excluding hydrogens is 208 g/mol. The third kappa shape index (κ3) is 1.35. The Bertz CT molecular complexity index is 394. The zero-order valence-corrected chi connectivity index (χ0v) is 10.4. The number of rotatable bonds is 1. The number of hydrogen-bond acceptors (Lipinski definition) is 1. The molecule has 2 fully saturated rings. The highest BCUT2D eigenvalue weighted by molar-refractivity contribution is 5.33. The second-order valence-corrected chi connectivity index (χ2v) is 6.65. The van der Waals surface area contributed by atoms with Crippen molar-refractivity contribution in [1.29, 1.82) is 0 Å². The van der Waals surface area contributed by atoms with Gasteiger partial charge in [-0.3, -0.25) is 0 Å². The summed E-state index contributed by atoms with van der Waals surface area (Å²) >= 11 is 0. The molecule has 5 rings (SSSR count). The molecule has 0 spiro atoms. The highest BCUT2D eigenvalue weighted by Gasteiger charge is 2.50. The van der Waals surface area contributed by atoms with Crippen molar-refractivity contribution in [1.82, 2.24) is 0 Å². The molecule has 0 aromatic heterocycles. The first kappa shape index (κ1) is 10.4. The molecular formula is C16H22O. The van der Waals surface area contributed by atoms with Gasteiger partial charge in [0.15, 0.2) is 0 Å². The zero-order chi connectivity index (χ0) is 11.5. The van der Waals surface area contributed by atoms with E-state index in [-0.39, 0.29) is 0 Å². The highest BCUT2D eigenvalue weighted by Crippen LogP contribution is 2.55. The molecule has 2 unspecified atom stereocenters. The molecule has 2 saturated carbocycles. The molecule has 5 atom stereocenters. The monoisotopic (exact) mass is 230 g/mol. The SMILES string of the molecule is O[C@@]1(C2=CCC3CCCC23)C[C@H]2C=C[C@@H]1CC2. The number of hydrogen-bond donors (Lipinski definition) is 1. The predicted octanol–water partition coefficient (Wildman–Crippen LogP) is 3.45. The smallest absolute Gasteiger partial charge is 0.0927 e. The lowest BCUT2D eigenvalue weighted by Crippen LogP contribution is -2.47. The fraction of sp³-hybridized carbons (Fsp3) is 0.750. The van der Waals surface area contributed by atoms with Crippen LogP contribution in [0.5, 0.6) is 0 Å². The Morgan fingerprint density at radius 3 is 2.76 bits per heavy atom. The molecule has 0 heterocycles. The first-order valence-electron chi connectivity index (χ1n) is 7.38. The minimum Gasteiger partial charge on any atom is -0.385 e. The van der Waals surface area contributed by atoms with Crippen LogP contribution in [0.2, 0.25) is 0 Å². The van der Waals surface area contributed by atoms with E-state index in [1.165, 1.54) is 44.1 Å². The molecule has 5 aliphatic rings. The maximum atomic E-state index is 11.2. The van der Waals surface area contributed by atoms with Crippen LogP contribution in [0.1, 0.15) is 44.9 Å². The molecule has 0 amide bonds. The van der Waals surface area contributed by atoms with Gasteiger partial charge in [-0.1, -0.05) is 24.6 Å². The fourth-order valence-electron chi connectivity index (χ4n) is 4.98. The van der Waals surface area contributed by atoms with Gasteiger partial charge in [0.2, 0.25) is 0 Å². The van der Waals surface area contributed by atoms with Crippen molar-refractivity contribution in [3.63, 3.8) is 0 Å². The Morgan fingerprint density at radius 1 is 1.12 bits per heavy atom. The molecule has 1 heteroatoms. The van der Waals surface area contributed by atoms with E-state index in [0.29, 0.717) is 11.8 Å². The van der Waals surface area contributed by atoms with E-state index in [4.69, 9.17) is 0 Å². The Kier molecular flexibility index (Phi) is 2.12. The molecule has 0 radical (unpaired) electrons. The summed E-state index contributed by atoms with van der Waals surface area (Å²) in [6.07, 6.45) is 15.9. The molecule has 1 nitrogen and oxygen atoms in total. The minimum absolute atomic E-state index is 0.415. The second-order valence-electron chi connectivity index (χ2n) is 6.65.